The Labute approximate surface area is 280 Å². The molecule has 0 fully saturated rings. The van der Waals surface area contributed by atoms with E-state index in [-0.39, 0.29) is 29.9 Å². The molecule has 0 aliphatic heterocycles. The highest BCUT2D eigenvalue weighted by Crippen LogP contribution is 2.46. The molecule has 0 aliphatic rings. The van der Waals surface area contributed by atoms with Crippen molar-refractivity contribution in [3.63, 3.8) is 0 Å². The lowest BCUT2D eigenvalue weighted by Crippen LogP contribution is -1.97. The van der Waals surface area contributed by atoms with Crippen LogP contribution < -0.4 is 0 Å². The molecule has 0 unspecified atom stereocenters. The third kappa shape index (κ3) is 4.54. The van der Waals surface area contributed by atoms with Gasteiger partial charge in [-0.15, -0.1) is 0 Å². The maximum atomic E-state index is 8.84. The van der Waals surface area contributed by atoms with Crippen LogP contribution in [-0.4, -0.2) is 9.55 Å². The van der Waals surface area contributed by atoms with Gasteiger partial charge in [-0.05, 0) is 85.2 Å². The molecule has 9 aromatic rings. The molecule has 0 saturated heterocycles. The first-order chi connectivity index (χ1) is 25.4. The Morgan fingerprint density at radius 2 is 1.00 bits per heavy atom. The second-order valence-electron chi connectivity index (χ2n) is 11.6. The first-order valence-electron chi connectivity index (χ1n) is 18.2. The first kappa shape index (κ1) is 22.3. The lowest BCUT2D eigenvalue weighted by Gasteiger charge is -2.20. The summed E-state index contributed by atoms with van der Waals surface area (Å²) in [5.41, 5.74) is 8.86. The zero-order valence-corrected chi connectivity index (χ0v) is 25.3. The molecule has 0 N–H and O–H groups in total. The quantitative estimate of drug-likeness (QED) is 0.179. The fraction of sp³-hybridized carbons (Fsp3) is 0. The third-order valence-corrected chi connectivity index (χ3v) is 8.89. The number of fused-ring (bicyclic) bond motifs is 3. The van der Waals surface area contributed by atoms with Crippen LogP contribution in [0, 0.1) is 0 Å². The van der Waals surface area contributed by atoms with Gasteiger partial charge in [0.2, 0.25) is 0 Å². The number of imidazole rings is 1. The van der Waals surface area contributed by atoms with Gasteiger partial charge in [0, 0.05) is 11.3 Å². The molecule has 0 amide bonds. The molecule has 2 heteroatoms. The van der Waals surface area contributed by atoms with E-state index < -0.39 is 6.04 Å². The summed E-state index contributed by atoms with van der Waals surface area (Å²) in [5, 5.41) is 4.48. The second kappa shape index (κ2) is 11.3. The van der Waals surface area contributed by atoms with Crippen molar-refractivity contribution in [1.82, 2.24) is 9.55 Å². The molecule has 9 rings (SSSR count). The van der Waals surface area contributed by atoms with E-state index in [9.17, 15) is 0 Å². The normalized spacial score (nSPS) is 12.9. The highest BCUT2D eigenvalue weighted by Gasteiger charge is 2.20. The van der Waals surface area contributed by atoms with Crippen LogP contribution in [0.2, 0.25) is 0 Å². The number of benzene rings is 8. The van der Waals surface area contributed by atoms with Crippen LogP contribution in [-0.2, 0) is 0 Å². The maximum Gasteiger partial charge on any atom is 0.145 e. The van der Waals surface area contributed by atoms with Gasteiger partial charge in [-0.3, -0.25) is 4.57 Å². The molecule has 0 radical (unpaired) electrons. The molecule has 0 bridgehead atoms. The van der Waals surface area contributed by atoms with Crippen molar-refractivity contribution in [2.45, 2.75) is 0 Å². The van der Waals surface area contributed by atoms with Gasteiger partial charge < -0.3 is 0 Å². The fourth-order valence-corrected chi connectivity index (χ4v) is 6.92. The largest absolute Gasteiger partial charge is 0.292 e. The molecule has 0 atom stereocenters. The summed E-state index contributed by atoms with van der Waals surface area (Å²) in [6.07, 6.45) is 0. The highest BCUT2D eigenvalue weighted by molar-refractivity contribution is 6.22. The maximum absolute atomic E-state index is 8.84. The van der Waals surface area contributed by atoms with Crippen molar-refractivity contribution in [3.8, 4) is 50.5 Å². The monoisotopic (exact) mass is 603 g/mol. The Kier molecular flexibility index (Phi) is 5.35. The molecule has 0 spiro atoms. The van der Waals surface area contributed by atoms with Crippen molar-refractivity contribution in [2.75, 3.05) is 0 Å². The van der Waals surface area contributed by atoms with Gasteiger partial charge in [0.05, 0.1) is 17.9 Å². The Morgan fingerprint density at radius 3 is 1.72 bits per heavy atom. The smallest absolute Gasteiger partial charge is 0.145 e. The van der Waals surface area contributed by atoms with Crippen LogP contribution >= 0.6 is 0 Å². The van der Waals surface area contributed by atoms with Gasteiger partial charge in [-0.1, -0.05) is 152 Å². The minimum absolute atomic E-state index is 0.0671. The lowest BCUT2D eigenvalue weighted by atomic mass is 9.83. The van der Waals surface area contributed by atoms with E-state index in [1.807, 2.05) is 42.5 Å². The molecule has 47 heavy (non-hydrogen) atoms. The zero-order valence-electron chi connectivity index (χ0n) is 30.3. The van der Waals surface area contributed by atoms with Crippen molar-refractivity contribution >= 4 is 32.6 Å². The van der Waals surface area contributed by atoms with E-state index >= 15 is 0 Å². The SMILES string of the molecule is [2H]c1c([2H])c([2H])c(-n2c(-c3cccc(-c4c5ccccc5c(-c5ccccc5-c5ccccc5)c5ccccc45)c3)nc3ccccc32)c([2H])c1[2H]. The summed E-state index contributed by atoms with van der Waals surface area (Å²) in [5.74, 6) is 0.489. The highest BCUT2D eigenvalue weighted by atomic mass is 15.1. The number of aromatic nitrogens is 2. The Bertz CT molecular complexity index is 2770. The predicted molar refractivity (Wildman–Crippen MR) is 198 cm³/mol. The van der Waals surface area contributed by atoms with Crippen molar-refractivity contribution in [1.29, 1.82) is 0 Å². The van der Waals surface area contributed by atoms with Crippen LogP contribution in [0.5, 0.6) is 0 Å². The number of nitrogens with zero attached hydrogens (tertiary/aromatic N) is 2. The van der Waals surface area contributed by atoms with Gasteiger partial charge in [-0.2, -0.15) is 0 Å². The molecule has 8 aromatic carbocycles. The van der Waals surface area contributed by atoms with E-state index in [1.165, 1.54) is 11.1 Å². The second-order valence-corrected chi connectivity index (χ2v) is 11.6. The summed E-state index contributed by atoms with van der Waals surface area (Å²) >= 11 is 0. The Hall–Kier alpha value is -6.25. The number of hydrogen-bond acceptors (Lipinski definition) is 1. The Balaban J connectivity index is 1.32. The molecule has 220 valence electrons. The van der Waals surface area contributed by atoms with Gasteiger partial charge in [0.25, 0.3) is 0 Å². The lowest BCUT2D eigenvalue weighted by molar-refractivity contribution is 1.10. The average molecular weight is 604 g/mol. The standard InChI is InChI=1S/C45H30N2/c1-3-16-31(17-4-1)35-22-7-8-23-36(35)44-39-26-11-9-24-37(39)43(38-25-10-12-27-40(38)44)32-18-15-19-33(30-32)45-46-41-28-13-14-29-42(41)47(45)34-20-5-2-6-21-34/h1-30H/i2D,5D,6D,20D,21D. The number of hydrogen-bond donors (Lipinski definition) is 0. The minimum atomic E-state index is -0.430. The molecule has 0 aliphatic carbocycles. The third-order valence-electron chi connectivity index (χ3n) is 8.89. The van der Waals surface area contributed by atoms with E-state index in [0.717, 1.165) is 49.4 Å². The molecular weight excluding hydrogens is 569 g/mol. The van der Waals surface area contributed by atoms with Gasteiger partial charge in [-0.25, -0.2) is 4.98 Å². The summed E-state index contributed by atoms with van der Waals surface area (Å²) in [6.45, 7) is 0. The number of rotatable bonds is 5. The molecular formula is C45H30N2. The molecule has 1 aromatic heterocycles. The molecule has 1 heterocycles. The topological polar surface area (TPSA) is 17.8 Å². The van der Waals surface area contributed by atoms with Crippen molar-refractivity contribution in [2.24, 2.45) is 0 Å². The van der Waals surface area contributed by atoms with Crippen molar-refractivity contribution < 1.29 is 6.85 Å². The van der Waals surface area contributed by atoms with Crippen LogP contribution in [0.3, 0.4) is 0 Å². The van der Waals surface area contributed by atoms with E-state index in [2.05, 4.69) is 109 Å². The van der Waals surface area contributed by atoms with E-state index in [0.29, 0.717) is 16.9 Å². The number of para-hydroxylation sites is 3. The van der Waals surface area contributed by atoms with Gasteiger partial charge in [0.1, 0.15) is 5.82 Å². The average Bonchev–Trinajstić information content (AvgIpc) is 3.58. The van der Waals surface area contributed by atoms with Crippen molar-refractivity contribution in [3.05, 3.63) is 182 Å². The molecule has 2 nitrogen and oxygen atoms in total. The predicted octanol–water partition coefficient (Wildman–Crippen LogP) is 12.0. The van der Waals surface area contributed by atoms with E-state index in [4.69, 9.17) is 11.8 Å². The van der Waals surface area contributed by atoms with Crippen LogP contribution in [0.25, 0.3) is 83.0 Å². The summed E-state index contributed by atoms with van der Waals surface area (Å²) in [6, 6.07) is 50.1. The first-order valence-corrected chi connectivity index (χ1v) is 15.7. The van der Waals surface area contributed by atoms with Crippen LogP contribution in [0.1, 0.15) is 6.85 Å². The zero-order chi connectivity index (χ0) is 35.5. The summed E-state index contributed by atoms with van der Waals surface area (Å²) < 4.78 is 44.4. The van der Waals surface area contributed by atoms with Gasteiger partial charge in [0.15, 0.2) is 0 Å². The summed E-state index contributed by atoms with van der Waals surface area (Å²) in [7, 11) is 0. The molecule has 0 saturated carbocycles. The van der Waals surface area contributed by atoms with E-state index in [1.54, 1.807) is 4.57 Å². The van der Waals surface area contributed by atoms with Gasteiger partial charge >= 0.3 is 0 Å². The Morgan fingerprint density at radius 1 is 0.447 bits per heavy atom. The minimum Gasteiger partial charge on any atom is -0.292 e. The summed E-state index contributed by atoms with van der Waals surface area (Å²) in [4.78, 5) is 5.00. The van der Waals surface area contributed by atoms with Crippen LogP contribution in [0.15, 0.2) is 182 Å². The van der Waals surface area contributed by atoms with Crippen LogP contribution in [0.4, 0.5) is 0 Å². The fourth-order valence-electron chi connectivity index (χ4n) is 6.92.